The summed E-state index contributed by atoms with van der Waals surface area (Å²) in [6.07, 6.45) is 10.7. The molecule has 1 aliphatic carbocycles. The van der Waals surface area contributed by atoms with Gasteiger partial charge in [-0.1, -0.05) is 32.1 Å². The topological polar surface area (TPSA) is 69.7 Å². The highest BCUT2D eigenvalue weighted by molar-refractivity contribution is 7.88. The molecule has 1 aromatic rings. The van der Waals surface area contributed by atoms with E-state index in [0.29, 0.717) is 18.3 Å². The Morgan fingerprint density at radius 3 is 2.66 bits per heavy atom. The molecule has 3 rings (SSSR count). The van der Waals surface area contributed by atoms with E-state index in [4.69, 9.17) is 0 Å². The lowest BCUT2D eigenvalue weighted by Gasteiger charge is -2.39. The highest BCUT2D eigenvalue weighted by Crippen LogP contribution is 2.32. The van der Waals surface area contributed by atoms with Gasteiger partial charge in [0.1, 0.15) is 0 Å². The third-order valence-corrected chi connectivity index (χ3v) is 6.07. The van der Waals surface area contributed by atoms with Crippen LogP contribution in [-0.2, 0) is 16.6 Å². The largest absolute Gasteiger partial charge is 0.284 e. The minimum absolute atomic E-state index is 0.0445. The van der Waals surface area contributed by atoms with Crippen LogP contribution in [0.2, 0.25) is 0 Å². The molecule has 0 radical (unpaired) electrons. The number of nitrogens with one attached hydrogen (secondary N) is 1. The number of amides is 1. The van der Waals surface area contributed by atoms with E-state index in [-0.39, 0.29) is 5.91 Å². The van der Waals surface area contributed by atoms with E-state index in [9.17, 15) is 13.2 Å². The number of nitrogens with zero attached hydrogens (tertiary/aromatic N) is 2. The van der Waals surface area contributed by atoms with Crippen LogP contribution in [0.1, 0.15) is 54.1 Å². The molecule has 0 aromatic heterocycles. The van der Waals surface area contributed by atoms with E-state index in [1.165, 1.54) is 12.5 Å². The summed E-state index contributed by atoms with van der Waals surface area (Å²) in [5.74, 6) is 0.0445. The Hall–Kier alpha value is -2.38. The molecule has 0 saturated heterocycles. The lowest BCUT2D eigenvalue weighted by molar-refractivity contribution is -0.0401. The fraction of sp³-hybridized carbons (Fsp3) is 0.409. The summed E-state index contributed by atoms with van der Waals surface area (Å²) in [5.41, 5.74) is 3.97. The molecule has 2 aliphatic rings. The zero-order valence-corrected chi connectivity index (χ0v) is 18.1. The summed E-state index contributed by atoms with van der Waals surface area (Å²) in [5, 5.41) is 3.91. The molecule has 156 valence electrons. The van der Waals surface area contributed by atoms with Crippen molar-refractivity contribution in [3.63, 3.8) is 0 Å². The second-order valence-electron chi connectivity index (χ2n) is 7.64. The first kappa shape index (κ1) is 21.3. The van der Waals surface area contributed by atoms with Crippen LogP contribution in [0.15, 0.2) is 48.7 Å². The summed E-state index contributed by atoms with van der Waals surface area (Å²) < 4.78 is 25.6. The Morgan fingerprint density at radius 2 is 2.10 bits per heavy atom. The van der Waals surface area contributed by atoms with E-state index in [0.717, 1.165) is 47.8 Å². The van der Waals surface area contributed by atoms with Crippen LogP contribution in [-0.4, -0.2) is 43.7 Å². The molecule has 0 spiro atoms. The van der Waals surface area contributed by atoms with Gasteiger partial charge in [-0.15, -0.1) is 0 Å². The summed E-state index contributed by atoms with van der Waals surface area (Å²) in [6.45, 7) is 6.29. The number of hydrogen-bond acceptors (Lipinski definition) is 4. The number of benzene rings is 1. The minimum Gasteiger partial charge on any atom is -0.284 e. The van der Waals surface area contributed by atoms with E-state index in [2.05, 4.69) is 16.3 Å². The lowest BCUT2D eigenvalue weighted by atomic mass is 9.93. The van der Waals surface area contributed by atoms with Gasteiger partial charge in [-0.2, -0.15) is 0 Å². The van der Waals surface area contributed by atoms with Crippen molar-refractivity contribution in [1.29, 1.82) is 0 Å². The van der Waals surface area contributed by atoms with Gasteiger partial charge in [-0.25, -0.2) is 13.4 Å². The Balaban J connectivity index is 1.89. The van der Waals surface area contributed by atoms with Gasteiger partial charge in [0.2, 0.25) is 10.0 Å². The van der Waals surface area contributed by atoms with Crippen molar-refractivity contribution in [3.8, 4) is 0 Å². The summed E-state index contributed by atoms with van der Waals surface area (Å²) in [4.78, 5) is 12.8. The highest BCUT2D eigenvalue weighted by Gasteiger charge is 2.35. The van der Waals surface area contributed by atoms with Crippen molar-refractivity contribution in [1.82, 2.24) is 14.7 Å². The van der Waals surface area contributed by atoms with Gasteiger partial charge in [0, 0.05) is 24.4 Å². The van der Waals surface area contributed by atoms with Crippen molar-refractivity contribution >= 4 is 21.5 Å². The number of hydrazine groups is 1. The van der Waals surface area contributed by atoms with Crippen molar-refractivity contribution < 1.29 is 13.2 Å². The number of hydrogen-bond donors (Lipinski definition) is 1. The molecule has 6 nitrogen and oxygen atoms in total. The number of allylic oxidation sites excluding steroid dienone is 4. The molecule has 0 unspecified atom stereocenters. The molecule has 0 atom stereocenters. The monoisotopic (exact) mass is 415 g/mol. The maximum atomic E-state index is 12.8. The standard InChI is InChI=1S/C22H29N3O3S/c1-5-8-16(14-19(6-2)23-29(4,27)28)17-11-12-21-18(13-17)15-25(22(21)26)24(3)20-9-7-10-20/h6,8,11-14,20,23H,2,5,7,9-10,15H2,1,3-4H3/b16-8+,19-14+. The van der Waals surface area contributed by atoms with Gasteiger partial charge < -0.3 is 0 Å². The van der Waals surface area contributed by atoms with Gasteiger partial charge in [0.15, 0.2) is 0 Å². The molecule has 1 aliphatic heterocycles. The summed E-state index contributed by atoms with van der Waals surface area (Å²) in [6, 6.07) is 6.27. The van der Waals surface area contributed by atoms with Crippen LogP contribution < -0.4 is 4.72 Å². The smallest absolute Gasteiger partial charge is 0.268 e. The van der Waals surface area contributed by atoms with Gasteiger partial charge in [0.05, 0.1) is 12.8 Å². The normalized spacial score (nSPS) is 18.1. The Labute approximate surface area is 173 Å². The Kier molecular flexibility index (Phi) is 6.29. The fourth-order valence-corrected chi connectivity index (χ4v) is 4.26. The number of rotatable bonds is 8. The van der Waals surface area contributed by atoms with E-state index < -0.39 is 10.0 Å². The van der Waals surface area contributed by atoms with Gasteiger partial charge in [-0.3, -0.25) is 14.5 Å². The minimum atomic E-state index is -3.39. The highest BCUT2D eigenvalue weighted by atomic mass is 32.2. The molecule has 29 heavy (non-hydrogen) atoms. The van der Waals surface area contributed by atoms with Crippen LogP contribution in [0.25, 0.3) is 5.57 Å². The molecule has 1 aromatic carbocycles. The molecule has 1 amide bonds. The van der Waals surface area contributed by atoms with Crippen molar-refractivity contribution in [2.75, 3.05) is 13.3 Å². The van der Waals surface area contributed by atoms with E-state index in [1.54, 1.807) is 6.08 Å². The summed E-state index contributed by atoms with van der Waals surface area (Å²) in [7, 11) is -1.40. The molecular weight excluding hydrogens is 386 g/mol. The number of carbonyl (C=O) groups excluding carboxylic acids is 1. The number of sulfonamides is 1. The maximum absolute atomic E-state index is 12.8. The second-order valence-corrected chi connectivity index (χ2v) is 9.39. The zero-order chi connectivity index (χ0) is 21.2. The quantitative estimate of drug-likeness (QED) is 0.660. The Bertz CT molecular complexity index is 975. The summed E-state index contributed by atoms with van der Waals surface area (Å²) >= 11 is 0. The lowest BCUT2D eigenvalue weighted by Crippen LogP contribution is -2.49. The van der Waals surface area contributed by atoms with Crippen LogP contribution in [0, 0.1) is 0 Å². The zero-order valence-electron chi connectivity index (χ0n) is 17.3. The molecule has 1 fully saturated rings. The second kappa shape index (κ2) is 8.55. The van der Waals surface area contributed by atoms with Crippen LogP contribution in [0.3, 0.4) is 0 Å². The van der Waals surface area contributed by atoms with E-state index >= 15 is 0 Å². The molecule has 1 heterocycles. The molecule has 7 heteroatoms. The third kappa shape index (κ3) is 4.79. The van der Waals surface area contributed by atoms with Gasteiger partial charge in [0.25, 0.3) is 5.91 Å². The predicted molar refractivity (Wildman–Crippen MR) is 116 cm³/mol. The first-order valence-corrected chi connectivity index (χ1v) is 11.8. The average Bonchev–Trinajstić information content (AvgIpc) is 2.94. The van der Waals surface area contributed by atoms with Crippen LogP contribution >= 0.6 is 0 Å². The maximum Gasteiger partial charge on any atom is 0.268 e. The van der Waals surface area contributed by atoms with Gasteiger partial charge >= 0.3 is 0 Å². The first-order chi connectivity index (χ1) is 13.7. The fourth-order valence-electron chi connectivity index (χ4n) is 3.69. The number of fused-ring (bicyclic) bond motifs is 1. The Morgan fingerprint density at radius 1 is 1.38 bits per heavy atom. The van der Waals surface area contributed by atoms with Crippen molar-refractivity contribution in [2.45, 2.75) is 45.2 Å². The van der Waals surface area contributed by atoms with E-state index in [1.807, 2.05) is 43.3 Å². The molecule has 1 N–H and O–H groups in total. The number of carbonyl (C=O) groups is 1. The predicted octanol–water partition coefficient (Wildman–Crippen LogP) is 3.45. The van der Waals surface area contributed by atoms with Gasteiger partial charge in [-0.05, 0) is 60.2 Å². The SMILES string of the molecule is C=C/C(=C\C(=C/CC)c1ccc2c(c1)CN(N(C)C1CCC1)C2=O)NS(C)(=O)=O. The van der Waals surface area contributed by atoms with Crippen molar-refractivity contribution in [2.24, 2.45) is 0 Å². The molecule has 0 bridgehead atoms. The van der Waals surface area contributed by atoms with Crippen LogP contribution in [0.5, 0.6) is 0 Å². The van der Waals surface area contributed by atoms with Crippen molar-refractivity contribution in [3.05, 3.63) is 65.4 Å². The third-order valence-electron chi connectivity index (χ3n) is 5.47. The van der Waals surface area contributed by atoms with Crippen LogP contribution in [0.4, 0.5) is 0 Å². The first-order valence-electron chi connectivity index (χ1n) is 9.93. The average molecular weight is 416 g/mol. The molecular formula is C22H29N3O3S. The molecule has 1 saturated carbocycles.